The molecule has 0 bridgehead atoms. The van der Waals surface area contributed by atoms with E-state index in [0.29, 0.717) is 19.2 Å². The first-order valence-corrected chi connectivity index (χ1v) is 7.21. The van der Waals surface area contributed by atoms with Crippen LogP contribution >= 0.6 is 0 Å². The van der Waals surface area contributed by atoms with Gasteiger partial charge in [-0.1, -0.05) is 0 Å². The number of carbonyl (C=O) groups is 2. The Hall–Kier alpha value is -1.34. The molecule has 2 rings (SSSR count). The van der Waals surface area contributed by atoms with Crippen molar-refractivity contribution in [1.29, 1.82) is 0 Å². The third-order valence-corrected chi connectivity index (χ3v) is 3.70. The highest BCUT2D eigenvalue weighted by Crippen LogP contribution is 2.16. The molecule has 114 valence electrons. The lowest BCUT2D eigenvalue weighted by atomic mass is 10.2. The number of nitrogens with zero attached hydrogens (tertiary/aromatic N) is 2. The summed E-state index contributed by atoms with van der Waals surface area (Å²) in [6.07, 6.45) is 0.979. The van der Waals surface area contributed by atoms with Gasteiger partial charge in [-0.2, -0.15) is 0 Å². The summed E-state index contributed by atoms with van der Waals surface area (Å²) in [7, 11) is 0. The molecule has 1 N–H and O–H groups in total. The molecule has 1 unspecified atom stereocenters. The van der Waals surface area contributed by atoms with E-state index in [2.05, 4.69) is 10.2 Å². The number of rotatable bonds is 4. The van der Waals surface area contributed by atoms with Crippen LogP contribution in [0, 0.1) is 0 Å². The fourth-order valence-electron chi connectivity index (χ4n) is 2.64. The Morgan fingerprint density at radius 1 is 1.30 bits per heavy atom. The predicted molar refractivity (Wildman–Crippen MR) is 72.4 cm³/mol. The van der Waals surface area contributed by atoms with Crippen LogP contribution in [0.4, 0.5) is 4.79 Å². The van der Waals surface area contributed by atoms with E-state index in [1.54, 1.807) is 11.8 Å². The second-order valence-corrected chi connectivity index (χ2v) is 5.00. The minimum Gasteiger partial charge on any atom is -0.465 e. The molecule has 0 saturated carbocycles. The lowest BCUT2D eigenvalue weighted by Crippen LogP contribution is -2.46. The number of morpholine rings is 1. The highest BCUT2D eigenvalue weighted by molar-refractivity contribution is 5.81. The van der Waals surface area contributed by atoms with Gasteiger partial charge in [0.15, 0.2) is 0 Å². The van der Waals surface area contributed by atoms with Crippen LogP contribution < -0.4 is 5.32 Å². The molecule has 0 aliphatic carbocycles. The fraction of sp³-hybridized carbons (Fsp3) is 0.846. The highest BCUT2D eigenvalue weighted by atomic mass is 16.5. The van der Waals surface area contributed by atoms with Gasteiger partial charge in [0.1, 0.15) is 6.54 Å². The van der Waals surface area contributed by atoms with Crippen LogP contribution in [0.25, 0.3) is 0 Å². The average Bonchev–Trinajstić information content (AvgIpc) is 2.96. The molecular formula is C13H23N3O4. The van der Waals surface area contributed by atoms with Crippen molar-refractivity contribution < 1.29 is 19.1 Å². The Bertz CT molecular complexity index is 345. The zero-order valence-corrected chi connectivity index (χ0v) is 12.0. The average molecular weight is 285 g/mol. The Morgan fingerprint density at radius 2 is 2.05 bits per heavy atom. The van der Waals surface area contributed by atoms with Crippen molar-refractivity contribution >= 4 is 12.0 Å². The zero-order chi connectivity index (χ0) is 14.4. The summed E-state index contributed by atoms with van der Waals surface area (Å²) < 4.78 is 10.1. The molecule has 2 heterocycles. The van der Waals surface area contributed by atoms with E-state index in [-0.39, 0.29) is 12.6 Å². The van der Waals surface area contributed by atoms with E-state index in [9.17, 15) is 9.59 Å². The van der Waals surface area contributed by atoms with Crippen molar-refractivity contribution in [2.24, 2.45) is 0 Å². The topological polar surface area (TPSA) is 71.1 Å². The Morgan fingerprint density at radius 3 is 2.75 bits per heavy atom. The van der Waals surface area contributed by atoms with Crippen LogP contribution in [0.2, 0.25) is 0 Å². The normalized spacial score (nSPS) is 23.6. The standard InChI is InChI=1S/C13H23N3O4/c1-2-20-12(17)9-14-13(18)16-4-3-11(10-16)15-5-7-19-8-6-15/h11H,2-10H2,1H3,(H,14,18). The Kier molecular flexibility index (Phi) is 5.60. The van der Waals surface area contributed by atoms with E-state index >= 15 is 0 Å². The number of hydrogen-bond donors (Lipinski definition) is 1. The minimum atomic E-state index is -0.398. The number of ether oxygens (including phenoxy) is 2. The first-order chi connectivity index (χ1) is 9.70. The maximum atomic E-state index is 11.9. The Balaban J connectivity index is 1.71. The van der Waals surface area contributed by atoms with E-state index in [1.165, 1.54) is 0 Å². The minimum absolute atomic E-state index is 0.0641. The van der Waals surface area contributed by atoms with Gasteiger partial charge >= 0.3 is 12.0 Å². The van der Waals surface area contributed by atoms with Gasteiger partial charge in [-0.05, 0) is 13.3 Å². The van der Waals surface area contributed by atoms with Crippen LogP contribution in [0.15, 0.2) is 0 Å². The number of amides is 2. The van der Waals surface area contributed by atoms with E-state index in [0.717, 1.165) is 39.3 Å². The summed E-state index contributed by atoms with van der Waals surface area (Å²) >= 11 is 0. The third kappa shape index (κ3) is 4.08. The summed E-state index contributed by atoms with van der Waals surface area (Å²) in [5, 5.41) is 2.60. The molecule has 2 amide bonds. The summed E-state index contributed by atoms with van der Waals surface area (Å²) in [4.78, 5) is 27.3. The fourth-order valence-corrected chi connectivity index (χ4v) is 2.64. The van der Waals surface area contributed by atoms with Crippen LogP contribution in [-0.2, 0) is 14.3 Å². The van der Waals surface area contributed by atoms with Gasteiger partial charge in [-0.25, -0.2) is 4.79 Å². The zero-order valence-electron chi connectivity index (χ0n) is 12.0. The molecule has 20 heavy (non-hydrogen) atoms. The third-order valence-electron chi connectivity index (χ3n) is 3.70. The van der Waals surface area contributed by atoms with Crippen LogP contribution in [0.5, 0.6) is 0 Å². The van der Waals surface area contributed by atoms with Crippen molar-refractivity contribution in [2.45, 2.75) is 19.4 Å². The first kappa shape index (κ1) is 15.1. The first-order valence-electron chi connectivity index (χ1n) is 7.21. The molecule has 0 spiro atoms. The molecule has 7 heteroatoms. The Labute approximate surface area is 119 Å². The molecule has 2 aliphatic rings. The number of likely N-dealkylation sites (tertiary alicyclic amines) is 1. The van der Waals surface area contributed by atoms with Crippen molar-refractivity contribution in [1.82, 2.24) is 15.1 Å². The molecule has 1 atom stereocenters. The van der Waals surface area contributed by atoms with Crippen molar-refractivity contribution in [2.75, 3.05) is 52.5 Å². The van der Waals surface area contributed by atoms with E-state index < -0.39 is 5.97 Å². The summed E-state index contributed by atoms with van der Waals surface area (Å²) in [6, 6.07) is 0.223. The molecular weight excluding hydrogens is 262 g/mol. The van der Waals surface area contributed by atoms with Crippen LogP contribution in [0.3, 0.4) is 0 Å². The van der Waals surface area contributed by atoms with E-state index in [4.69, 9.17) is 9.47 Å². The number of carbonyl (C=O) groups excluding carboxylic acids is 2. The van der Waals surface area contributed by atoms with Gasteiger partial charge in [0, 0.05) is 32.2 Å². The van der Waals surface area contributed by atoms with Crippen molar-refractivity contribution in [3.8, 4) is 0 Å². The molecule has 0 aromatic rings. The summed E-state index contributed by atoms with van der Waals surface area (Å²) in [5.74, 6) is -0.398. The summed E-state index contributed by atoms with van der Waals surface area (Å²) in [6.45, 7) is 6.87. The predicted octanol–water partition coefficient (Wildman–Crippen LogP) is -0.334. The molecule has 2 aliphatic heterocycles. The molecule has 0 aromatic carbocycles. The number of hydrogen-bond acceptors (Lipinski definition) is 5. The largest absolute Gasteiger partial charge is 0.465 e. The van der Waals surface area contributed by atoms with Crippen LogP contribution in [-0.4, -0.2) is 80.4 Å². The second kappa shape index (κ2) is 7.44. The number of esters is 1. The summed E-state index contributed by atoms with van der Waals surface area (Å²) in [5.41, 5.74) is 0. The van der Waals surface area contributed by atoms with Crippen molar-refractivity contribution in [3.05, 3.63) is 0 Å². The van der Waals surface area contributed by atoms with Gasteiger partial charge in [0.2, 0.25) is 0 Å². The lowest BCUT2D eigenvalue weighted by molar-refractivity contribution is -0.141. The maximum absolute atomic E-state index is 11.9. The second-order valence-electron chi connectivity index (χ2n) is 5.00. The van der Waals surface area contributed by atoms with Gasteiger partial charge in [-0.3, -0.25) is 9.69 Å². The molecule has 0 radical (unpaired) electrons. The van der Waals surface area contributed by atoms with Gasteiger partial charge in [0.05, 0.1) is 19.8 Å². The van der Waals surface area contributed by atoms with Crippen molar-refractivity contribution in [3.63, 3.8) is 0 Å². The number of urea groups is 1. The van der Waals surface area contributed by atoms with Gasteiger partial charge in [0.25, 0.3) is 0 Å². The molecule has 7 nitrogen and oxygen atoms in total. The number of nitrogens with one attached hydrogen (secondary N) is 1. The molecule has 0 aromatic heterocycles. The lowest BCUT2D eigenvalue weighted by Gasteiger charge is -2.32. The quantitative estimate of drug-likeness (QED) is 0.716. The maximum Gasteiger partial charge on any atom is 0.325 e. The smallest absolute Gasteiger partial charge is 0.325 e. The van der Waals surface area contributed by atoms with Gasteiger partial charge in [-0.15, -0.1) is 0 Å². The van der Waals surface area contributed by atoms with Gasteiger partial charge < -0.3 is 19.7 Å². The molecule has 2 saturated heterocycles. The SMILES string of the molecule is CCOC(=O)CNC(=O)N1CCC(N2CCOCC2)C1. The monoisotopic (exact) mass is 285 g/mol. The van der Waals surface area contributed by atoms with E-state index in [1.807, 2.05) is 0 Å². The molecule has 2 fully saturated rings. The van der Waals surface area contributed by atoms with Crippen LogP contribution in [0.1, 0.15) is 13.3 Å². The highest BCUT2D eigenvalue weighted by Gasteiger charge is 2.31.